The van der Waals surface area contributed by atoms with Gasteiger partial charge in [-0.1, -0.05) is 55.4 Å². The molecule has 25 N–H and O–H groups in total. The maximum Gasteiger partial charge on any atom is 0.326 e. The van der Waals surface area contributed by atoms with Crippen LogP contribution >= 0.6 is 0 Å². The molecule has 119 heavy (non-hydrogen) atoms. The fourth-order valence-electron chi connectivity index (χ4n) is 15.3. The lowest BCUT2D eigenvalue weighted by atomic mass is 9.49. The largest absolute Gasteiger partial charge is 0.481 e. The summed E-state index contributed by atoms with van der Waals surface area (Å²) >= 11 is 0. The summed E-state index contributed by atoms with van der Waals surface area (Å²) in [6.07, 6.45) is 2.22. The third-order valence-corrected chi connectivity index (χ3v) is 21.1. The fraction of sp³-hybridized carbons (Fsp3) is 0.759. The van der Waals surface area contributed by atoms with Crippen LogP contribution in [-0.4, -0.2) is 226 Å². The normalized spacial score (nSPS) is 19.1. The van der Waals surface area contributed by atoms with Crippen LogP contribution < -0.4 is 97.4 Å². The van der Waals surface area contributed by atoms with E-state index in [0.29, 0.717) is 30.6 Å². The van der Waals surface area contributed by atoms with Crippen LogP contribution in [-0.2, 0) is 91.1 Å². The van der Waals surface area contributed by atoms with Gasteiger partial charge in [0.15, 0.2) is 0 Å². The molecule has 0 heterocycles. The quantitative estimate of drug-likeness (QED) is 0.0289. The third-order valence-electron chi connectivity index (χ3n) is 21.1. The van der Waals surface area contributed by atoms with Crippen molar-refractivity contribution in [1.29, 1.82) is 0 Å². The number of carbonyl (C=O) groups is 19. The lowest BCUT2D eigenvalue weighted by Crippen LogP contribution is -2.60. The molecule has 16 amide bonds. The molecule has 0 radical (unpaired) electrons. The number of carboxylic acids is 3. The Balaban J connectivity index is 1.78. The highest BCUT2D eigenvalue weighted by molar-refractivity contribution is 6.00. The highest BCUT2D eigenvalue weighted by atomic mass is 16.4. The molecule has 0 aromatic carbocycles. The van der Waals surface area contributed by atoms with E-state index >= 15 is 0 Å². The van der Waals surface area contributed by atoms with Gasteiger partial charge in [0.2, 0.25) is 94.5 Å². The molecule has 4 saturated carbocycles. The standard InChI is InChI=1S/C79H134N18O22/c1-40(2)30-56(74(114)87-45(10)65(105)86-46(11)67(107)95-58(32-42(5)6)76(116)93-55(21-25-64(103)104)73(113)91-53(19-23-61(83)99)71(111)89-51(17-13-15-28-81)69(109)97-59(77(117)118)33-43(7)8)96-68(108)50(16-12-14-27-80)88-70(110)52(18-22-60(82)98)90-72(112)54(20-24-63(101)102)92-75(115)57(31-41(3)4)94-66(106)44(9)85-62(100)26-29-84-78(119)79-37-47-34-48(38-79)36-49(35-47)39-79/h40-59H,12-39,80-81H2,1-11H3,(H2,82,98)(H2,83,99)(H,84,119)(H,85,100)(H,86,105)(H,87,114)(H,88,110)(H,89,111)(H,90,112)(H,91,113)(H,92,115)(H,93,116)(H,94,106)(H,95,107)(H,96,108)(H,97,109)(H,101,102)(H,103,104)(H,117,118)/t44-,45-,46-,47?,48?,49?,50-,51-,52-,53-,54-,55-,56-,57-,58-,59-,79?/m0/s1. The van der Waals surface area contributed by atoms with Crippen molar-refractivity contribution < 1.29 is 106 Å². The smallest absolute Gasteiger partial charge is 0.326 e. The minimum Gasteiger partial charge on any atom is -0.481 e. The average Bonchev–Trinajstić information content (AvgIpc) is 0.741. The van der Waals surface area contributed by atoms with Gasteiger partial charge in [0, 0.05) is 44.1 Å². The van der Waals surface area contributed by atoms with Crippen molar-refractivity contribution in [3.05, 3.63) is 0 Å². The Hall–Kier alpha value is -10.2. The molecule has 0 unspecified atom stereocenters. The summed E-state index contributed by atoms with van der Waals surface area (Å²) in [5, 5.41) is 64.7. The van der Waals surface area contributed by atoms with Crippen LogP contribution in [0.15, 0.2) is 0 Å². The Kier molecular flexibility index (Phi) is 44.5. The minimum absolute atomic E-state index is 0.0126. The molecule has 0 aromatic rings. The van der Waals surface area contributed by atoms with E-state index in [9.17, 15) is 106 Å². The molecule has 0 aliphatic heterocycles. The molecule has 13 atom stereocenters. The minimum atomic E-state index is -1.74. The van der Waals surface area contributed by atoms with Gasteiger partial charge in [-0.05, 0) is 204 Å². The highest BCUT2D eigenvalue weighted by Crippen LogP contribution is 2.60. The fourth-order valence-corrected chi connectivity index (χ4v) is 15.3. The topological polar surface area (TPSA) is 658 Å². The van der Waals surface area contributed by atoms with Gasteiger partial charge >= 0.3 is 17.9 Å². The number of unbranched alkanes of at least 4 members (excludes halogenated alkanes) is 2. The van der Waals surface area contributed by atoms with Crippen molar-refractivity contribution in [2.45, 2.75) is 315 Å². The zero-order chi connectivity index (χ0) is 89.7. The first-order chi connectivity index (χ1) is 55.8. The maximum absolute atomic E-state index is 14.5. The van der Waals surface area contributed by atoms with Crippen LogP contribution in [0.2, 0.25) is 0 Å². The van der Waals surface area contributed by atoms with E-state index in [2.05, 4.69) is 74.4 Å². The van der Waals surface area contributed by atoms with E-state index in [1.54, 1.807) is 55.4 Å². The second kappa shape index (κ2) is 51.4. The van der Waals surface area contributed by atoms with E-state index < -0.39 is 242 Å². The molecule has 4 fully saturated rings. The summed E-state index contributed by atoms with van der Waals surface area (Å²) in [7, 11) is 0. The number of aliphatic carboxylic acids is 3. The Morgan fingerprint density at radius 3 is 0.866 bits per heavy atom. The van der Waals surface area contributed by atoms with Crippen molar-refractivity contribution in [2.75, 3.05) is 19.6 Å². The molecule has 4 aliphatic rings. The Labute approximate surface area is 695 Å². The van der Waals surface area contributed by atoms with Crippen LogP contribution in [0, 0.1) is 46.8 Å². The predicted octanol–water partition coefficient (Wildman–Crippen LogP) is -2.14. The summed E-state index contributed by atoms with van der Waals surface area (Å²) in [4.78, 5) is 256. The van der Waals surface area contributed by atoms with Crippen molar-refractivity contribution >= 4 is 112 Å². The molecule has 0 saturated heterocycles. The van der Waals surface area contributed by atoms with Crippen molar-refractivity contribution in [3.8, 4) is 0 Å². The number of primary amides is 2. The summed E-state index contributed by atoms with van der Waals surface area (Å²) < 4.78 is 0. The molecule has 4 rings (SSSR count). The van der Waals surface area contributed by atoms with Gasteiger partial charge in [-0.2, -0.15) is 0 Å². The number of nitrogens with two attached hydrogens (primary N) is 4. The van der Waals surface area contributed by atoms with E-state index in [1.165, 1.54) is 20.8 Å². The third kappa shape index (κ3) is 37.8. The van der Waals surface area contributed by atoms with Gasteiger partial charge in [0.25, 0.3) is 0 Å². The predicted molar refractivity (Wildman–Crippen MR) is 432 cm³/mol. The number of nitrogens with one attached hydrogen (secondary N) is 14. The van der Waals surface area contributed by atoms with Crippen molar-refractivity contribution in [3.63, 3.8) is 0 Å². The van der Waals surface area contributed by atoms with E-state index in [0.717, 1.165) is 38.5 Å². The number of amides is 16. The lowest BCUT2D eigenvalue weighted by Gasteiger charge is -2.55. The first-order valence-electron chi connectivity index (χ1n) is 41.6. The van der Waals surface area contributed by atoms with Crippen LogP contribution in [0.4, 0.5) is 0 Å². The Morgan fingerprint density at radius 1 is 0.311 bits per heavy atom. The molecule has 4 aliphatic carbocycles. The van der Waals surface area contributed by atoms with Gasteiger partial charge in [-0.15, -0.1) is 0 Å². The summed E-state index contributed by atoms with van der Waals surface area (Å²) in [5.41, 5.74) is 22.0. The molecular formula is C79H134N18O22. The second-order valence-electron chi connectivity index (χ2n) is 33.9. The van der Waals surface area contributed by atoms with Crippen LogP contribution in [0.1, 0.15) is 237 Å². The monoisotopic (exact) mass is 1690 g/mol. The molecule has 40 heteroatoms. The number of rotatable bonds is 58. The van der Waals surface area contributed by atoms with Crippen molar-refractivity contribution in [1.82, 2.24) is 74.4 Å². The van der Waals surface area contributed by atoms with Crippen molar-refractivity contribution in [2.24, 2.45) is 69.8 Å². The van der Waals surface area contributed by atoms with Gasteiger partial charge in [0.1, 0.15) is 78.5 Å². The summed E-state index contributed by atoms with van der Waals surface area (Å²) in [5.74, 6) is -17.8. The zero-order valence-corrected chi connectivity index (χ0v) is 70.8. The summed E-state index contributed by atoms with van der Waals surface area (Å²) in [6.45, 7) is 18.0. The van der Waals surface area contributed by atoms with Crippen LogP contribution in [0.25, 0.3) is 0 Å². The van der Waals surface area contributed by atoms with Gasteiger partial charge < -0.3 is 113 Å². The second-order valence-corrected chi connectivity index (χ2v) is 33.9. The Morgan fingerprint density at radius 2 is 0.563 bits per heavy atom. The lowest BCUT2D eigenvalue weighted by molar-refractivity contribution is -0.146. The van der Waals surface area contributed by atoms with Gasteiger partial charge in [-0.25, -0.2) is 4.79 Å². The number of hydrogen-bond donors (Lipinski definition) is 21. The van der Waals surface area contributed by atoms with Gasteiger partial charge in [0.05, 0.1) is 0 Å². The molecule has 0 aromatic heterocycles. The van der Waals surface area contributed by atoms with E-state index in [-0.39, 0.29) is 107 Å². The molecular weight excluding hydrogens is 1550 g/mol. The SMILES string of the molecule is CC(C)C[C@H](NC(=O)[C@H](CCCCN)NC(=O)[C@H](CCC(N)=O)NC(=O)[C@H](CCC(=O)O)NC(=O)[C@H](CC(C)C)NC(=O)[C@H](C)NC(=O)[C@H](C)NC(=O)[C@H](CC(C)C)NC(=O)[C@H](CCCCN)NC(=O)[C@H](CCC(N)=O)NC(=O)[C@H](CCC(=O)O)NC(=O)[C@H](CC(C)C)NC(=O)[C@H](C)NC(=O)CCNC(=O)C12CC3CC(CC(C3)C1)C2)C(=O)O. The first-order valence-corrected chi connectivity index (χ1v) is 41.6. The van der Waals surface area contributed by atoms with E-state index in [1.807, 2.05) is 0 Å². The van der Waals surface area contributed by atoms with Crippen LogP contribution in [0.5, 0.6) is 0 Å². The molecule has 40 nitrogen and oxygen atoms in total. The van der Waals surface area contributed by atoms with E-state index in [4.69, 9.17) is 22.9 Å². The molecule has 672 valence electrons. The van der Waals surface area contributed by atoms with Gasteiger partial charge in [-0.3, -0.25) is 86.3 Å². The van der Waals surface area contributed by atoms with Crippen LogP contribution in [0.3, 0.4) is 0 Å². The molecule has 4 bridgehead atoms. The average molecular weight is 1690 g/mol. The Bertz CT molecular complexity index is 3490. The number of hydrogen-bond acceptors (Lipinski definition) is 21. The zero-order valence-electron chi connectivity index (χ0n) is 70.8. The highest BCUT2D eigenvalue weighted by Gasteiger charge is 2.55. The maximum atomic E-state index is 14.5. The molecule has 0 spiro atoms. The first kappa shape index (κ1) is 103. The number of carbonyl (C=O) groups excluding carboxylic acids is 16. The number of carboxylic acid groups (broad SMARTS) is 3. The summed E-state index contributed by atoms with van der Waals surface area (Å²) in [6, 6.07) is -19.4.